The zero-order chi connectivity index (χ0) is 17.2. The van der Waals surface area contributed by atoms with E-state index in [1.807, 2.05) is 0 Å². The molecule has 9 heteroatoms. The molecular formula is C16H15Cl2N3O4. The van der Waals surface area contributed by atoms with Crippen LogP contribution < -0.4 is 0 Å². The van der Waals surface area contributed by atoms with Crippen molar-refractivity contribution in [3.63, 3.8) is 0 Å². The predicted octanol–water partition coefficient (Wildman–Crippen LogP) is 2.89. The Bertz CT molecular complexity index is 851. The van der Waals surface area contributed by atoms with E-state index in [0.29, 0.717) is 16.1 Å². The molecule has 0 aromatic carbocycles. The summed E-state index contributed by atoms with van der Waals surface area (Å²) in [5, 5.41) is 5.74. The fourth-order valence-electron chi connectivity index (χ4n) is 4.04. The molecule has 3 aliphatic rings. The van der Waals surface area contributed by atoms with E-state index in [0.717, 1.165) is 32.0 Å². The lowest BCUT2D eigenvalue weighted by Crippen LogP contribution is -2.32. The van der Waals surface area contributed by atoms with Gasteiger partial charge < -0.3 is 19.0 Å². The summed E-state index contributed by atoms with van der Waals surface area (Å²) in [5.41, 5.74) is 0.490. The molecular weight excluding hydrogens is 369 g/mol. The van der Waals surface area contributed by atoms with Crippen LogP contribution in [-0.2, 0) is 19.0 Å². The molecule has 0 radical (unpaired) electrons. The van der Waals surface area contributed by atoms with Crippen molar-refractivity contribution in [3.05, 3.63) is 22.4 Å². The van der Waals surface area contributed by atoms with Crippen LogP contribution in [0.2, 0.25) is 10.2 Å². The lowest BCUT2D eigenvalue weighted by Gasteiger charge is -2.26. The Morgan fingerprint density at radius 3 is 2.76 bits per heavy atom. The van der Waals surface area contributed by atoms with Gasteiger partial charge >= 0.3 is 0 Å². The Kier molecular flexibility index (Phi) is 3.59. The summed E-state index contributed by atoms with van der Waals surface area (Å²) in [7, 11) is 0. The second kappa shape index (κ2) is 5.62. The molecule has 7 nitrogen and oxygen atoms in total. The molecule has 5 rings (SSSR count). The van der Waals surface area contributed by atoms with Crippen LogP contribution in [-0.4, -0.2) is 45.1 Å². The van der Waals surface area contributed by atoms with Crippen LogP contribution in [0, 0.1) is 0 Å². The lowest BCUT2D eigenvalue weighted by molar-refractivity contribution is -0.211. The zero-order valence-electron chi connectivity index (χ0n) is 13.1. The van der Waals surface area contributed by atoms with E-state index in [-0.39, 0.29) is 5.15 Å². The van der Waals surface area contributed by atoms with Crippen molar-refractivity contribution < 1.29 is 19.0 Å². The summed E-state index contributed by atoms with van der Waals surface area (Å²) in [6, 6.07) is 1.56. The largest absolute Gasteiger partial charge is 0.341 e. The van der Waals surface area contributed by atoms with Gasteiger partial charge in [0, 0.05) is 12.8 Å². The van der Waals surface area contributed by atoms with Crippen LogP contribution in [0.5, 0.6) is 0 Å². The van der Waals surface area contributed by atoms with Gasteiger partial charge in [0.1, 0.15) is 23.5 Å². The topological polar surface area (TPSA) is 75.5 Å². The van der Waals surface area contributed by atoms with Crippen molar-refractivity contribution in [2.75, 3.05) is 0 Å². The molecule has 0 N–H and O–H groups in total. The number of fused-ring (bicyclic) bond motifs is 2. The van der Waals surface area contributed by atoms with E-state index < -0.39 is 30.3 Å². The fourth-order valence-corrected chi connectivity index (χ4v) is 4.52. The van der Waals surface area contributed by atoms with Crippen molar-refractivity contribution in [2.45, 2.75) is 56.0 Å². The Morgan fingerprint density at radius 2 is 2.00 bits per heavy atom. The Hall–Kier alpha value is -1.25. The third-order valence-electron chi connectivity index (χ3n) is 5.15. The van der Waals surface area contributed by atoms with E-state index in [9.17, 15) is 4.79 Å². The summed E-state index contributed by atoms with van der Waals surface area (Å²) in [6.45, 7) is 0. The smallest absolute Gasteiger partial charge is 0.182 e. The summed E-state index contributed by atoms with van der Waals surface area (Å²) < 4.78 is 19.8. The highest BCUT2D eigenvalue weighted by molar-refractivity contribution is 6.37. The maximum atomic E-state index is 11.5. The number of aldehydes is 1. The SMILES string of the molecule is O=C[C@H]1O[C@@H](n2ncc3c(Cl)cc(Cl)nc32)[C@@H]2OC3(CCCC3)O[C@@H]21. The summed E-state index contributed by atoms with van der Waals surface area (Å²) in [6.07, 6.45) is 3.90. The first-order valence-electron chi connectivity index (χ1n) is 8.26. The monoisotopic (exact) mass is 383 g/mol. The third kappa shape index (κ3) is 2.34. The molecule has 0 amide bonds. The number of halogens is 2. The maximum absolute atomic E-state index is 11.5. The van der Waals surface area contributed by atoms with Gasteiger partial charge in [0.2, 0.25) is 0 Å². The molecule has 0 bridgehead atoms. The van der Waals surface area contributed by atoms with Gasteiger partial charge in [0.25, 0.3) is 0 Å². The lowest BCUT2D eigenvalue weighted by atomic mass is 10.1. The van der Waals surface area contributed by atoms with Gasteiger partial charge in [-0.1, -0.05) is 23.2 Å². The minimum Gasteiger partial charge on any atom is -0.341 e. The van der Waals surface area contributed by atoms with Crippen molar-refractivity contribution in [2.24, 2.45) is 0 Å². The molecule has 1 aliphatic carbocycles. The van der Waals surface area contributed by atoms with Crippen LogP contribution in [0.25, 0.3) is 11.0 Å². The Balaban J connectivity index is 1.57. The number of aromatic nitrogens is 3. The van der Waals surface area contributed by atoms with E-state index in [1.165, 1.54) is 0 Å². The van der Waals surface area contributed by atoms with Crippen molar-refractivity contribution >= 4 is 40.5 Å². The molecule has 1 saturated carbocycles. The molecule has 1 spiro atoms. The van der Waals surface area contributed by atoms with E-state index >= 15 is 0 Å². The first kappa shape index (κ1) is 16.0. The molecule has 4 heterocycles. The first-order valence-corrected chi connectivity index (χ1v) is 9.01. The summed E-state index contributed by atoms with van der Waals surface area (Å²) in [5.74, 6) is -0.607. The Morgan fingerprint density at radius 1 is 1.24 bits per heavy atom. The Labute approximate surface area is 153 Å². The predicted molar refractivity (Wildman–Crippen MR) is 88.5 cm³/mol. The second-order valence-corrected chi connectivity index (χ2v) is 7.46. The highest BCUT2D eigenvalue weighted by Gasteiger charge is 2.59. The van der Waals surface area contributed by atoms with E-state index in [2.05, 4.69) is 10.1 Å². The highest BCUT2D eigenvalue weighted by atomic mass is 35.5. The van der Waals surface area contributed by atoms with Gasteiger partial charge in [-0.25, -0.2) is 9.67 Å². The molecule has 2 saturated heterocycles. The number of ether oxygens (including phenoxy) is 3. The molecule has 4 atom stereocenters. The second-order valence-electron chi connectivity index (χ2n) is 6.66. The fraction of sp³-hybridized carbons (Fsp3) is 0.562. The van der Waals surface area contributed by atoms with E-state index in [4.69, 9.17) is 37.4 Å². The van der Waals surface area contributed by atoms with Gasteiger partial charge in [-0.3, -0.25) is 0 Å². The number of pyridine rings is 1. The molecule has 3 fully saturated rings. The van der Waals surface area contributed by atoms with Crippen molar-refractivity contribution in [1.82, 2.24) is 14.8 Å². The van der Waals surface area contributed by atoms with Gasteiger partial charge in [-0.15, -0.1) is 0 Å². The average Bonchev–Trinajstić information content (AvgIpc) is 3.32. The van der Waals surface area contributed by atoms with Crippen LogP contribution in [0.15, 0.2) is 12.3 Å². The number of rotatable bonds is 2. The van der Waals surface area contributed by atoms with Crippen LogP contribution in [0.4, 0.5) is 0 Å². The van der Waals surface area contributed by atoms with Crippen molar-refractivity contribution in [3.8, 4) is 0 Å². The van der Waals surface area contributed by atoms with Gasteiger partial charge in [-0.05, 0) is 18.9 Å². The van der Waals surface area contributed by atoms with Gasteiger partial charge in [0.05, 0.1) is 16.6 Å². The minimum absolute atomic E-state index is 0.261. The van der Waals surface area contributed by atoms with Crippen LogP contribution in [0.3, 0.4) is 0 Å². The normalized spacial score (nSPS) is 33.4. The third-order valence-corrected chi connectivity index (χ3v) is 5.66. The van der Waals surface area contributed by atoms with E-state index in [1.54, 1.807) is 16.9 Å². The summed E-state index contributed by atoms with van der Waals surface area (Å²) in [4.78, 5) is 15.8. The molecule has 25 heavy (non-hydrogen) atoms. The molecule has 2 aromatic rings. The van der Waals surface area contributed by atoms with Crippen LogP contribution >= 0.6 is 23.2 Å². The summed E-state index contributed by atoms with van der Waals surface area (Å²) >= 11 is 12.3. The number of carbonyl (C=O) groups is 1. The standard InChI is InChI=1S/C16H15Cl2N3O4/c17-9-5-11(18)20-14-8(9)6-19-21(14)15-13-12(10(7-22)23-15)24-16(25-13)3-1-2-4-16/h5-7,10,12-13,15H,1-4H2/t10-,12-,13-,15-/m1/s1. The first-order chi connectivity index (χ1) is 12.1. The zero-order valence-corrected chi connectivity index (χ0v) is 14.6. The average molecular weight is 384 g/mol. The highest BCUT2D eigenvalue weighted by Crippen LogP contribution is 2.49. The van der Waals surface area contributed by atoms with Gasteiger partial charge in [-0.2, -0.15) is 5.10 Å². The quantitative estimate of drug-likeness (QED) is 0.586. The van der Waals surface area contributed by atoms with Crippen molar-refractivity contribution in [1.29, 1.82) is 0 Å². The minimum atomic E-state index is -0.705. The van der Waals surface area contributed by atoms with Gasteiger partial charge in [0.15, 0.2) is 23.9 Å². The molecule has 0 unspecified atom stereocenters. The number of hydrogen-bond acceptors (Lipinski definition) is 6. The molecule has 132 valence electrons. The number of carbonyl (C=O) groups excluding carboxylic acids is 1. The maximum Gasteiger partial charge on any atom is 0.182 e. The molecule has 2 aliphatic heterocycles. The number of nitrogens with zero attached hydrogens (tertiary/aromatic N) is 3. The number of hydrogen-bond donors (Lipinski definition) is 0. The van der Waals surface area contributed by atoms with Crippen LogP contribution in [0.1, 0.15) is 31.9 Å². The molecule has 2 aromatic heterocycles.